The maximum absolute atomic E-state index is 2.68. The largest absolute Gasteiger partial charge is 0.346 e. The minimum absolute atomic E-state index is 0.322. The fourth-order valence-corrected chi connectivity index (χ4v) is 5.74. The van der Waals surface area contributed by atoms with Crippen LogP contribution in [0, 0.1) is 20.8 Å². The quantitative estimate of drug-likeness (QED) is 0.464. The Kier molecular flexibility index (Phi) is 5.00. The van der Waals surface area contributed by atoms with Gasteiger partial charge in [0.05, 0.1) is 16.9 Å². The van der Waals surface area contributed by atoms with Gasteiger partial charge < -0.3 is 9.80 Å². The molecule has 1 aromatic heterocycles. The number of hydrogen-bond donors (Lipinski definition) is 0. The molecule has 0 bridgehead atoms. The Bertz CT molecular complexity index is 1130. The number of benzene rings is 2. The molecule has 0 saturated heterocycles. The Labute approximate surface area is 186 Å². The molecule has 1 atom stereocenters. The smallest absolute Gasteiger partial charge is 0.212 e. The van der Waals surface area contributed by atoms with Crippen molar-refractivity contribution >= 4 is 17.1 Å². The highest BCUT2D eigenvalue weighted by molar-refractivity contribution is 5.86. The number of para-hydroxylation sites is 2. The molecule has 2 heterocycles. The van der Waals surface area contributed by atoms with E-state index in [1.165, 1.54) is 70.7 Å². The maximum Gasteiger partial charge on any atom is 0.212 e. The highest BCUT2D eigenvalue weighted by Gasteiger charge is 2.39. The Morgan fingerprint density at radius 1 is 0.839 bits per heavy atom. The van der Waals surface area contributed by atoms with E-state index in [0.717, 1.165) is 0 Å². The van der Waals surface area contributed by atoms with Gasteiger partial charge in [-0.15, -0.1) is 0 Å². The predicted octanol–water partition coefficient (Wildman–Crippen LogP) is 6.35. The summed E-state index contributed by atoms with van der Waals surface area (Å²) in [4.78, 5) is 5.25. The molecule has 31 heavy (non-hydrogen) atoms. The molecule has 160 valence electrons. The molecule has 1 aliphatic carbocycles. The Morgan fingerprint density at radius 3 is 2.26 bits per heavy atom. The summed E-state index contributed by atoms with van der Waals surface area (Å²) in [7, 11) is 2.16. The van der Waals surface area contributed by atoms with Crippen LogP contribution in [0.3, 0.4) is 0 Å². The van der Waals surface area contributed by atoms with Crippen LogP contribution in [0.2, 0.25) is 0 Å². The van der Waals surface area contributed by atoms with Crippen molar-refractivity contribution in [3.8, 4) is 11.3 Å². The highest BCUT2D eigenvalue weighted by Crippen LogP contribution is 2.48. The fourth-order valence-electron chi connectivity index (χ4n) is 5.74. The van der Waals surface area contributed by atoms with E-state index in [0.29, 0.717) is 12.2 Å². The third-order valence-corrected chi connectivity index (χ3v) is 7.50. The van der Waals surface area contributed by atoms with Crippen LogP contribution in [0.15, 0.2) is 54.7 Å². The molecule has 0 radical (unpaired) electrons. The molecule has 0 unspecified atom stereocenters. The van der Waals surface area contributed by atoms with Crippen molar-refractivity contribution in [3.05, 3.63) is 71.4 Å². The summed E-state index contributed by atoms with van der Waals surface area (Å²) in [6, 6.07) is 18.7. The summed E-state index contributed by atoms with van der Waals surface area (Å²) in [5, 5.41) is 0. The molecular weight excluding hydrogens is 378 g/mol. The number of hydrogen-bond acceptors (Lipinski definition) is 2. The van der Waals surface area contributed by atoms with Crippen molar-refractivity contribution in [1.82, 2.24) is 0 Å². The second kappa shape index (κ2) is 7.71. The minimum atomic E-state index is 0.322. The molecule has 2 aliphatic rings. The topological polar surface area (TPSA) is 10.4 Å². The van der Waals surface area contributed by atoms with Crippen LogP contribution < -0.4 is 14.4 Å². The maximum atomic E-state index is 2.68. The van der Waals surface area contributed by atoms with Gasteiger partial charge in [-0.1, -0.05) is 31.0 Å². The average Bonchev–Trinajstić information content (AvgIpc) is 3.37. The zero-order valence-corrected chi connectivity index (χ0v) is 19.5. The summed E-state index contributed by atoms with van der Waals surface area (Å²) in [5.74, 6) is 0. The van der Waals surface area contributed by atoms with Gasteiger partial charge in [-0.05, 0) is 75.9 Å². The number of aromatic nitrogens is 1. The van der Waals surface area contributed by atoms with Gasteiger partial charge in [-0.2, -0.15) is 0 Å². The summed E-state index contributed by atoms with van der Waals surface area (Å²) < 4.78 is 2.26. The van der Waals surface area contributed by atoms with Crippen LogP contribution in [0.5, 0.6) is 0 Å². The molecule has 1 aliphatic heterocycles. The van der Waals surface area contributed by atoms with Crippen molar-refractivity contribution in [1.29, 1.82) is 0 Å². The Hall–Kier alpha value is -2.81. The molecule has 3 aromatic rings. The van der Waals surface area contributed by atoms with Gasteiger partial charge >= 0.3 is 0 Å². The molecule has 0 spiro atoms. The van der Waals surface area contributed by atoms with E-state index in [4.69, 9.17) is 0 Å². The van der Waals surface area contributed by atoms with Crippen LogP contribution in [0.1, 0.15) is 49.3 Å². The van der Waals surface area contributed by atoms with E-state index < -0.39 is 0 Å². The van der Waals surface area contributed by atoms with E-state index >= 15 is 0 Å². The monoisotopic (exact) mass is 412 g/mol. The standard InChI is InChI=1S/C28H34N3/c1-19-17-28(29(5)18-20(19)2)24-13-10-16-25(21(24)3)31-22(4)30(23-11-6-7-12-23)26-14-8-9-15-27(26)31/h8-10,13-18,22-23H,6-7,11-12H2,1-5H3/q+1/t22-/m1/s1. The van der Waals surface area contributed by atoms with Crippen molar-refractivity contribution in [2.45, 2.75) is 65.6 Å². The van der Waals surface area contributed by atoms with Crippen LogP contribution in [-0.4, -0.2) is 12.2 Å². The van der Waals surface area contributed by atoms with E-state index in [1.807, 2.05) is 0 Å². The third-order valence-electron chi connectivity index (χ3n) is 7.50. The lowest BCUT2D eigenvalue weighted by Crippen LogP contribution is -2.44. The van der Waals surface area contributed by atoms with E-state index in [2.05, 4.69) is 104 Å². The second-order valence-corrected chi connectivity index (χ2v) is 9.42. The number of nitrogens with zero attached hydrogens (tertiary/aromatic N) is 3. The molecule has 5 rings (SSSR count). The first-order valence-corrected chi connectivity index (χ1v) is 11.7. The van der Waals surface area contributed by atoms with Gasteiger partial charge in [0.1, 0.15) is 13.2 Å². The first-order chi connectivity index (χ1) is 15.0. The summed E-state index contributed by atoms with van der Waals surface area (Å²) in [6.07, 6.45) is 7.89. The lowest BCUT2D eigenvalue weighted by molar-refractivity contribution is -0.660. The van der Waals surface area contributed by atoms with Crippen molar-refractivity contribution in [2.24, 2.45) is 7.05 Å². The molecule has 3 heteroatoms. The van der Waals surface area contributed by atoms with Crippen LogP contribution in [0.4, 0.5) is 17.1 Å². The van der Waals surface area contributed by atoms with Gasteiger partial charge in [0.15, 0.2) is 6.20 Å². The SMILES string of the molecule is Cc1cc(-c2cccc(N3c4ccccc4N(C4CCCC4)[C@H]3C)c2C)[n+](C)cc1C. The number of rotatable bonds is 3. The van der Waals surface area contributed by atoms with Crippen molar-refractivity contribution < 1.29 is 4.57 Å². The summed E-state index contributed by atoms with van der Waals surface area (Å²) >= 11 is 0. The third kappa shape index (κ3) is 3.22. The normalized spacial score (nSPS) is 18.7. The zero-order valence-electron chi connectivity index (χ0n) is 19.5. The minimum Gasteiger partial charge on any atom is -0.346 e. The van der Waals surface area contributed by atoms with Gasteiger partial charge in [0.25, 0.3) is 0 Å². The number of aryl methyl sites for hydroxylation is 3. The number of pyridine rings is 1. The molecule has 0 N–H and O–H groups in total. The molecule has 2 aromatic carbocycles. The predicted molar refractivity (Wildman–Crippen MR) is 130 cm³/mol. The molecule has 1 fully saturated rings. The first-order valence-electron chi connectivity index (χ1n) is 11.7. The molecule has 1 saturated carbocycles. The van der Waals surface area contributed by atoms with Gasteiger partial charge in [-0.3, -0.25) is 0 Å². The number of fused-ring (bicyclic) bond motifs is 1. The van der Waals surface area contributed by atoms with Crippen molar-refractivity contribution in [2.75, 3.05) is 9.80 Å². The zero-order chi connectivity index (χ0) is 21.7. The van der Waals surface area contributed by atoms with Gasteiger partial charge in [0.2, 0.25) is 5.69 Å². The van der Waals surface area contributed by atoms with E-state index in [9.17, 15) is 0 Å². The van der Waals surface area contributed by atoms with E-state index in [-0.39, 0.29) is 0 Å². The van der Waals surface area contributed by atoms with Crippen LogP contribution in [0.25, 0.3) is 11.3 Å². The summed E-state index contributed by atoms with van der Waals surface area (Å²) in [5.41, 5.74) is 10.6. The lowest BCUT2D eigenvalue weighted by atomic mass is 9.99. The lowest BCUT2D eigenvalue weighted by Gasteiger charge is -2.35. The highest BCUT2D eigenvalue weighted by atomic mass is 15.4. The van der Waals surface area contributed by atoms with Crippen LogP contribution >= 0.6 is 0 Å². The second-order valence-electron chi connectivity index (χ2n) is 9.42. The fraction of sp³-hybridized carbons (Fsp3) is 0.393. The number of anilines is 3. The van der Waals surface area contributed by atoms with E-state index in [1.54, 1.807) is 0 Å². The summed E-state index contributed by atoms with van der Waals surface area (Å²) in [6.45, 7) is 9.05. The molecule has 3 nitrogen and oxygen atoms in total. The van der Waals surface area contributed by atoms with Gasteiger partial charge in [0, 0.05) is 23.4 Å². The van der Waals surface area contributed by atoms with Crippen LogP contribution in [-0.2, 0) is 7.05 Å². The Morgan fingerprint density at radius 2 is 1.52 bits per heavy atom. The average molecular weight is 413 g/mol. The van der Waals surface area contributed by atoms with Gasteiger partial charge in [-0.25, -0.2) is 4.57 Å². The van der Waals surface area contributed by atoms with Crippen molar-refractivity contribution in [3.63, 3.8) is 0 Å². The molecule has 0 amide bonds. The molecular formula is C28H34N3+. The Balaban J connectivity index is 1.63. The first kappa shape index (κ1) is 20.1.